The van der Waals surface area contributed by atoms with Crippen LogP contribution in [0.4, 0.5) is 5.69 Å². The fraction of sp³-hybridized carbons (Fsp3) is 0.533. The molecular weight excluding hydrogens is 309 g/mol. The molecule has 1 saturated heterocycles. The molecule has 6 heteroatoms. The third-order valence-corrected chi connectivity index (χ3v) is 4.13. The first-order valence-corrected chi connectivity index (χ1v) is 7.36. The van der Waals surface area contributed by atoms with E-state index >= 15 is 0 Å². The van der Waals surface area contributed by atoms with Crippen LogP contribution >= 0.6 is 24.0 Å². The lowest BCUT2D eigenvalue weighted by molar-refractivity contribution is -0.116. The van der Waals surface area contributed by atoms with Crippen molar-refractivity contribution >= 4 is 35.6 Å². The molecule has 118 valence electrons. The lowest BCUT2D eigenvalue weighted by Crippen LogP contribution is -2.32. The highest BCUT2D eigenvalue weighted by atomic mass is 35.5. The average Bonchev–Trinajstić information content (AvgIpc) is 2.79. The summed E-state index contributed by atoms with van der Waals surface area (Å²) in [7, 11) is 0. The quantitative estimate of drug-likeness (QED) is 0.872. The zero-order valence-corrected chi connectivity index (χ0v) is 13.8. The Morgan fingerprint density at radius 1 is 1.52 bits per heavy atom. The van der Waals surface area contributed by atoms with Crippen LogP contribution in [-0.4, -0.2) is 37.0 Å². The van der Waals surface area contributed by atoms with Crippen molar-refractivity contribution in [2.45, 2.75) is 19.8 Å². The van der Waals surface area contributed by atoms with Gasteiger partial charge in [-0.3, -0.25) is 4.79 Å². The first-order chi connectivity index (χ1) is 9.50. The summed E-state index contributed by atoms with van der Waals surface area (Å²) in [5.41, 5.74) is 6.74. The molecule has 1 unspecified atom stereocenters. The number of likely N-dealkylation sites (tertiary alicyclic amines) is 1. The van der Waals surface area contributed by atoms with Crippen LogP contribution in [0.5, 0.6) is 0 Å². The highest BCUT2D eigenvalue weighted by molar-refractivity contribution is 6.30. The first kappa shape index (κ1) is 18.2. The molecule has 0 aliphatic carbocycles. The zero-order chi connectivity index (χ0) is 14.6. The van der Waals surface area contributed by atoms with Crippen molar-refractivity contribution in [2.24, 2.45) is 11.1 Å². The molecular formula is C15H23Cl2N3O. The van der Waals surface area contributed by atoms with Crippen LogP contribution in [0, 0.1) is 5.41 Å². The van der Waals surface area contributed by atoms with Crippen molar-refractivity contribution in [3.05, 3.63) is 29.3 Å². The van der Waals surface area contributed by atoms with E-state index < -0.39 is 0 Å². The van der Waals surface area contributed by atoms with Gasteiger partial charge in [0, 0.05) is 30.2 Å². The summed E-state index contributed by atoms with van der Waals surface area (Å²) < 4.78 is 0. The van der Waals surface area contributed by atoms with Gasteiger partial charge in [0.25, 0.3) is 0 Å². The number of carbonyl (C=O) groups is 1. The van der Waals surface area contributed by atoms with Gasteiger partial charge in [-0.1, -0.05) is 24.6 Å². The van der Waals surface area contributed by atoms with E-state index in [0.29, 0.717) is 18.0 Å². The third kappa shape index (κ3) is 5.47. The largest absolute Gasteiger partial charge is 0.330 e. The summed E-state index contributed by atoms with van der Waals surface area (Å²) in [6.45, 7) is 5.70. The highest BCUT2D eigenvalue weighted by Crippen LogP contribution is 2.28. The molecule has 1 fully saturated rings. The van der Waals surface area contributed by atoms with Crippen LogP contribution in [0.25, 0.3) is 0 Å². The maximum atomic E-state index is 11.9. The van der Waals surface area contributed by atoms with Gasteiger partial charge in [-0.15, -0.1) is 12.4 Å². The number of amides is 1. The Labute approximate surface area is 137 Å². The maximum Gasteiger partial charge on any atom is 0.225 e. The third-order valence-electron chi connectivity index (χ3n) is 3.89. The zero-order valence-electron chi connectivity index (χ0n) is 12.3. The van der Waals surface area contributed by atoms with E-state index in [-0.39, 0.29) is 23.7 Å². The fourth-order valence-electron chi connectivity index (χ4n) is 2.53. The molecule has 1 aliphatic rings. The molecule has 3 N–H and O–H groups in total. The van der Waals surface area contributed by atoms with Gasteiger partial charge in [0.2, 0.25) is 5.91 Å². The van der Waals surface area contributed by atoms with E-state index in [1.807, 2.05) is 12.1 Å². The first-order valence-electron chi connectivity index (χ1n) is 6.99. The van der Waals surface area contributed by atoms with Gasteiger partial charge in [-0.25, -0.2) is 0 Å². The average molecular weight is 332 g/mol. The molecule has 1 atom stereocenters. The number of nitrogens with one attached hydrogen (secondary N) is 1. The van der Waals surface area contributed by atoms with Crippen molar-refractivity contribution in [1.29, 1.82) is 0 Å². The summed E-state index contributed by atoms with van der Waals surface area (Å²) in [6.07, 6.45) is 1.60. The predicted molar refractivity (Wildman–Crippen MR) is 90.2 cm³/mol. The van der Waals surface area contributed by atoms with E-state index in [0.717, 1.165) is 31.7 Å². The Morgan fingerprint density at radius 2 is 2.29 bits per heavy atom. The van der Waals surface area contributed by atoms with Gasteiger partial charge >= 0.3 is 0 Å². The number of anilines is 1. The Kier molecular flexibility index (Phi) is 6.94. The Morgan fingerprint density at radius 3 is 2.90 bits per heavy atom. The molecule has 1 aromatic carbocycles. The van der Waals surface area contributed by atoms with E-state index in [1.54, 1.807) is 12.1 Å². The minimum Gasteiger partial charge on any atom is -0.330 e. The molecule has 1 aromatic rings. The molecule has 1 aliphatic heterocycles. The Bertz CT molecular complexity index is 484. The van der Waals surface area contributed by atoms with Gasteiger partial charge in [0.1, 0.15) is 0 Å². The fourth-order valence-corrected chi connectivity index (χ4v) is 2.72. The number of carbonyl (C=O) groups excluding carboxylic acids is 1. The standard InChI is InChI=1S/C15H22ClN3O.ClH/c1-15(10-17)6-8-19(11-15)7-5-14(20)18-13-4-2-3-12(16)9-13;/h2-4,9H,5-8,10-11,17H2,1H3,(H,18,20);1H. The number of hydrogen-bond donors (Lipinski definition) is 2. The van der Waals surface area contributed by atoms with Crippen molar-refractivity contribution in [3.8, 4) is 0 Å². The molecule has 0 radical (unpaired) electrons. The summed E-state index contributed by atoms with van der Waals surface area (Å²) in [6, 6.07) is 7.20. The molecule has 0 spiro atoms. The Hall–Kier alpha value is -0.810. The molecule has 21 heavy (non-hydrogen) atoms. The molecule has 0 bridgehead atoms. The molecule has 1 amide bonds. The monoisotopic (exact) mass is 331 g/mol. The molecule has 2 rings (SSSR count). The second kappa shape index (κ2) is 7.99. The van der Waals surface area contributed by atoms with Crippen molar-refractivity contribution < 1.29 is 4.79 Å². The normalized spacial score (nSPS) is 21.9. The number of nitrogens with two attached hydrogens (primary N) is 1. The molecule has 0 aromatic heterocycles. The molecule has 1 heterocycles. The van der Waals surface area contributed by atoms with Gasteiger partial charge < -0.3 is 16.0 Å². The smallest absolute Gasteiger partial charge is 0.225 e. The predicted octanol–water partition coefficient (Wildman–Crippen LogP) is 2.76. The van der Waals surface area contributed by atoms with E-state index in [9.17, 15) is 4.79 Å². The molecule has 4 nitrogen and oxygen atoms in total. The topological polar surface area (TPSA) is 58.4 Å². The van der Waals surface area contributed by atoms with Crippen molar-refractivity contribution in [1.82, 2.24) is 4.90 Å². The van der Waals surface area contributed by atoms with E-state index in [4.69, 9.17) is 17.3 Å². The second-order valence-corrected chi connectivity index (χ2v) is 6.29. The summed E-state index contributed by atoms with van der Waals surface area (Å²) in [4.78, 5) is 14.2. The lowest BCUT2D eigenvalue weighted by atomic mass is 9.90. The number of benzene rings is 1. The van der Waals surface area contributed by atoms with Crippen LogP contribution in [-0.2, 0) is 4.79 Å². The highest BCUT2D eigenvalue weighted by Gasteiger charge is 2.32. The summed E-state index contributed by atoms with van der Waals surface area (Å²) >= 11 is 5.88. The van der Waals surface area contributed by atoms with Crippen molar-refractivity contribution in [3.63, 3.8) is 0 Å². The minimum absolute atomic E-state index is 0. The number of rotatable bonds is 5. The maximum absolute atomic E-state index is 11.9. The van der Waals surface area contributed by atoms with Crippen molar-refractivity contribution in [2.75, 3.05) is 31.5 Å². The lowest BCUT2D eigenvalue weighted by Gasteiger charge is -2.22. The number of nitrogens with zero attached hydrogens (tertiary/aromatic N) is 1. The van der Waals surface area contributed by atoms with Gasteiger partial charge in [0.15, 0.2) is 0 Å². The number of hydrogen-bond acceptors (Lipinski definition) is 3. The van der Waals surface area contributed by atoms with Gasteiger partial charge in [0.05, 0.1) is 0 Å². The van der Waals surface area contributed by atoms with Crippen LogP contribution < -0.4 is 11.1 Å². The Balaban J connectivity index is 0.00000220. The summed E-state index contributed by atoms with van der Waals surface area (Å²) in [5.74, 6) is 0.0219. The minimum atomic E-state index is 0. The van der Waals surface area contributed by atoms with Crippen LogP contribution in [0.3, 0.4) is 0 Å². The van der Waals surface area contributed by atoms with Crippen LogP contribution in [0.2, 0.25) is 5.02 Å². The van der Waals surface area contributed by atoms with Crippen LogP contribution in [0.1, 0.15) is 19.8 Å². The SMILES string of the molecule is CC1(CN)CCN(CCC(=O)Nc2cccc(Cl)c2)C1.Cl. The van der Waals surface area contributed by atoms with Crippen LogP contribution in [0.15, 0.2) is 24.3 Å². The summed E-state index contributed by atoms with van der Waals surface area (Å²) in [5, 5.41) is 3.49. The van der Waals surface area contributed by atoms with E-state index in [1.165, 1.54) is 0 Å². The van der Waals surface area contributed by atoms with Gasteiger partial charge in [-0.2, -0.15) is 0 Å². The second-order valence-electron chi connectivity index (χ2n) is 5.85. The number of halogens is 2. The van der Waals surface area contributed by atoms with E-state index in [2.05, 4.69) is 17.1 Å². The molecule has 0 saturated carbocycles. The van der Waals surface area contributed by atoms with Gasteiger partial charge in [-0.05, 0) is 43.1 Å².